The molecule has 0 saturated heterocycles. The monoisotopic (exact) mass is 275 g/mol. The fourth-order valence-electron chi connectivity index (χ4n) is 1.90. The maximum Gasteiger partial charge on any atom is 0.338 e. The molecule has 5 heteroatoms. The van der Waals surface area contributed by atoms with Crippen LogP contribution < -0.4 is 0 Å². The molecule has 0 aliphatic carbocycles. The summed E-state index contributed by atoms with van der Waals surface area (Å²) in [5.74, 6) is -0.366. The van der Waals surface area contributed by atoms with Gasteiger partial charge in [-0.1, -0.05) is 6.07 Å². The van der Waals surface area contributed by atoms with Crippen LogP contribution in [0.2, 0.25) is 0 Å². The molecule has 1 aromatic carbocycles. The molecule has 106 valence electrons. The molecular weight excluding hydrogens is 258 g/mol. The number of aromatic nitrogens is 1. The number of nitrogens with zero attached hydrogens (tertiary/aromatic N) is 1. The molecule has 1 heterocycles. The molecule has 0 spiro atoms. The fraction of sp³-hybridized carbons (Fsp3) is 0.333. The minimum Gasteiger partial charge on any atom is -0.465 e. The SMILES string of the molecule is COCCOCc1ccc2nccc(C(=O)OC)c2c1. The Hall–Kier alpha value is -1.98. The average molecular weight is 275 g/mol. The topological polar surface area (TPSA) is 57.7 Å². The summed E-state index contributed by atoms with van der Waals surface area (Å²) in [5.41, 5.74) is 2.25. The Morgan fingerprint density at radius 3 is 2.80 bits per heavy atom. The number of fused-ring (bicyclic) bond motifs is 1. The van der Waals surface area contributed by atoms with E-state index >= 15 is 0 Å². The van der Waals surface area contributed by atoms with Gasteiger partial charge in [0.15, 0.2) is 0 Å². The quantitative estimate of drug-likeness (QED) is 0.597. The van der Waals surface area contributed by atoms with E-state index in [0.717, 1.165) is 16.5 Å². The minimum atomic E-state index is -0.366. The van der Waals surface area contributed by atoms with Gasteiger partial charge in [-0.05, 0) is 23.8 Å². The number of hydrogen-bond acceptors (Lipinski definition) is 5. The Kier molecular flexibility index (Phi) is 5.03. The number of ether oxygens (including phenoxy) is 3. The van der Waals surface area contributed by atoms with Crippen LogP contribution in [0.3, 0.4) is 0 Å². The summed E-state index contributed by atoms with van der Waals surface area (Å²) >= 11 is 0. The van der Waals surface area contributed by atoms with Crippen LogP contribution in [0.1, 0.15) is 15.9 Å². The Balaban J connectivity index is 2.24. The van der Waals surface area contributed by atoms with Crippen molar-refractivity contribution in [1.29, 1.82) is 0 Å². The van der Waals surface area contributed by atoms with Crippen LogP contribution in [0.4, 0.5) is 0 Å². The van der Waals surface area contributed by atoms with Crippen molar-refractivity contribution in [3.63, 3.8) is 0 Å². The van der Waals surface area contributed by atoms with E-state index in [1.807, 2.05) is 18.2 Å². The smallest absolute Gasteiger partial charge is 0.338 e. The van der Waals surface area contributed by atoms with Gasteiger partial charge in [-0.15, -0.1) is 0 Å². The van der Waals surface area contributed by atoms with E-state index in [-0.39, 0.29) is 5.97 Å². The summed E-state index contributed by atoms with van der Waals surface area (Å²) in [6, 6.07) is 7.37. The molecule has 0 amide bonds. The van der Waals surface area contributed by atoms with Crippen LogP contribution in [-0.4, -0.2) is 38.4 Å². The van der Waals surface area contributed by atoms with Crippen LogP contribution in [-0.2, 0) is 20.8 Å². The number of hydrogen-bond donors (Lipinski definition) is 0. The molecule has 0 aliphatic rings. The lowest BCUT2D eigenvalue weighted by Gasteiger charge is -2.07. The van der Waals surface area contributed by atoms with Crippen LogP contribution in [0, 0.1) is 0 Å². The first-order valence-corrected chi connectivity index (χ1v) is 6.29. The number of methoxy groups -OCH3 is 2. The first-order valence-electron chi connectivity index (χ1n) is 6.29. The van der Waals surface area contributed by atoms with Gasteiger partial charge in [0.2, 0.25) is 0 Å². The molecule has 20 heavy (non-hydrogen) atoms. The van der Waals surface area contributed by atoms with Crippen molar-refractivity contribution in [2.45, 2.75) is 6.61 Å². The summed E-state index contributed by atoms with van der Waals surface area (Å²) in [5, 5.41) is 0.771. The number of benzene rings is 1. The molecule has 1 aromatic heterocycles. The molecule has 0 unspecified atom stereocenters. The minimum absolute atomic E-state index is 0.366. The summed E-state index contributed by atoms with van der Waals surface area (Å²) in [6.45, 7) is 1.56. The standard InChI is InChI=1S/C15H17NO4/c1-18-7-8-20-10-11-3-4-14-13(9-11)12(5-6-16-14)15(17)19-2/h3-6,9H,7-8,10H2,1-2H3. The summed E-state index contributed by atoms with van der Waals surface area (Å²) in [4.78, 5) is 16.0. The van der Waals surface area contributed by atoms with Gasteiger partial charge in [0.05, 0.1) is 38.0 Å². The normalized spacial score (nSPS) is 10.7. The zero-order valence-corrected chi connectivity index (χ0v) is 11.6. The molecule has 0 aliphatic heterocycles. The Labute approximate surface area is 117 Å². The molecule has 0 fully saturated rings. The second-order valence-electron chi connectivity index (χ2n) is 4.25. The second kappa shape index (κ2) is 6.98. The van der Waals surface area contributed by atoms with Crippen LogP contribution in [0.15, 0.2) is 30.5 Å². The van der Waals surface area contributed by atoms with Gasteiger partial charge in [-0.3, -0.25) is 4.98 Å². The Morgan fingerprint density at radius 1 is 1.20 bits per heavy atom. The number of rotatable bonds is 6. The van der Waals surface area contributed by atoms with Crippen molar-refractivity contribution in [2.24, 2.45) is 0 Å². The second-order valence-corrected chi connectivity index (χ2v) is 4.25. The maximum atomic E-state index is 11.7. The third kappa shape index (κ3) is 3.31. The van der Waals surface area contributed by atoms with Crippen LogP contribution in [0.5, 0.6) is 0 Å². The van der Waals surface area contributed by atoms with Crippen molar-refractivity contribution >= 4 is 16.9 Å². The predicted molar refractivity (Wildman–Crippen MR) is 74.6 cm³/mol. The first-order chi connectivity index (χ1) is 9.76. The van der Waals surface area contributed by atoms with Gasteiger partial charge in [0.25, 0.3) is 0 Å². The molecular formula is C15H17NO4. The number of esters is 1. The van der Waals surface area contributed by atoms with Gasteiger partial charge in [-0.2, -0.15) is 0 Å². The highest BCUT2D eigenvalue weighted by Gasteiger charge is 2.11. The lowest BCUT2D eigenvalue weighted by molar-refractivity contribution is 0.0602. The fourth-order valence-corrected chi connectivity index (χ4v) is 1.90. The highest BCUT2D eigenvalue weighted by Crippen LogP contribution is 2.19. The van der Waals surface area contributed by atoms with Gasteiger partial charge < -0.3 is 14.2 Å². The molecule has 2 rings (SSSR count). The molecule has 0 saturated carbocycles. The van der Waals surface area contributed by atoms with Gasteiger partial charge >= 0.3 is 5.97 Å². The van der Waals surface area contributed by atoms with Crippen molar-refractivity contribution < 1.29 is 19.0 Å². The van der Waals surface area contributed by atoms with E-state index in [0.29, 0.717) is 25.4 Å². The maximum absolute atomic E-state index is 11.7. The van der Waals surface area contributed by atoms with Crippen molar-refractivity contribution in [3.8, 4) is 0 Å². The number of carbonyl (C=O) groups is 1. The predicted octanol–water partition coefficient (Wildman–Crippen LogP) is 2.18. The molecule has 0 N–H and O–H groups in total. The summed E-state index contributed by atoms with van der Waals surface area (Å²) in [6.07, 6.45) is 1.60. The van der Waals surface area contributed by atoms with Gasteiger partial charge in [0, 0.05) is 18.7 Å². The van der Waals surface area contributed by atoms with Crippen molar-refractivity contribution in [2.75, 3.05) is 27.4 Å². The third-order valence-electron chi connectivity index (χ3n) is 2.91. The first kappa shape index (κ1) is 14.4. The molecule has 0 bridgehead atoms. The highest BCUT2D eigenvalue weighted by atomic mass is 16.5. The average Bonchev–Trinajstić information content (AvgIpc) is 2.50. The van der Waals surface area contributed by atoms with E-state index in [9.17, 15) is 4.79 Å². The lowest BCUT2D eigenvalue weighted by Crippen LogP contribution is -2.04. The van der Waals surface area contributed by atoms with E-state index in [4.69, 9.17) is 14.2 Å². The number of pyridine rings is 1. The van der Waals surface area contributed by atoms with Gasteiger partial charge in [-0.25, -0.2) is 4.79 Å². The highest BCUT2D eigenvalue weighted by molar-refractivity contribution is 6.03. The van der Waals surface area contributed by atoms with E-state index in [1.165, 1.54) is 7.11 Å². The largest absolute Gasteiger partial charge is 0.465 e. The van der Waals surface area contributed by atoms with E-state index < -0.39 is 0 Å². The Morgan fingerprint density at radius 2 is 2.05 bits per heavy atom. The lowest BCUT2D eigenvalue weighted by atomic mass is 10.1. The van der Waals surface area contributed by atoms with E-state index in [1.54, 1.807) is 19.4 Å². The number of carbonyl (C=O) groups excluding carboxylic acids is 1. The molecule has 5 nitrogen and oxygen atoms in total. The molecule has 0 radical (unpaired) electrons. The summed E-state index contributed by atoms with van der Waals surface area (Å²) in [7, 11) is 3.00. The van der Waals surface area contributed by atoms with Gasteiger partial charge in [0.1, 0.15) is 0 Å². The third-order valence-corrected chi connectivity index (χ3v) is 2.91. The zero-order valence-electron chi connectivity index (χ0n) is 11.6. The summed E-state index contributed by atoms with van der Waals surface area (Å²) < 4.78 is 15.2. The zero-order chi connectivity index (χ0) is 14.4. The van der Waals surface area contributed by atoms with Crippen molar-refractivity contribution in [1.82, 2.24) is 4.98 Å². The molecule has 0 atom stereocenters. The van der Waals surface area contributed by atoms with E-state index in [2.05, 4.69) is 4.98 Å². The van der Waals surface area contributed by atoms with Crippen molar-refractivity contribution in [3.05, 3.63) is 41.6 Å². The van der Waals surface area contributed by atoms with Crippen LogP contribution >= 0.6 is 0 Å². The van der Waals surface area contributed by atoms with Crippen LogP contribution in [0.25, 0.3) is 10.9 Å². The Bertz CT molecular complexity index is 597. The molecule has 2 aromatic rings.